The maximum atomic E-state index is 14.2. The van der Waals surface area contributed by atoms with Crippen molar-refractivity contribution in [2.24, 2.45) is 5.92 Å². The Morgan fingerprint density at radius 1 is 0.905 bits per heavy atom. The normalized spacial score (nSPS) is 17.6. The van der Waals surface area contributed by atoms with Crippen LogP contribution in [0.15, 0.2) is 63.5 Å². The van der Waals surface area contributed by atoms with Crippen LogP contribution in [0.3, 0.4) is 0 Å². The second-order valence-electron chi connectivity index (χ2n) is 10.2. The second-order valence-corrected chi connectivity index (χ2v) is 11.1. The Kier molecular flexibility index (Phi) is 8.58. The molecule has 1 aromatic heterocycles. The third-order valence-electron chi connectivity index (χ3n) is 7.66. The molecule has 0 aliphatic carbocycles. The number of amides is 2. The Morgan fingerprint density at radius 2 is 1.62 bits per heavy atom. The maximum absolute atomic E-state index is 14.2. The molecule has 3 aromatic rings. The SMILES string of the molecule is COc1ccc(Br)cc1/C=C(\NC(=O)c1cc(OC)c(OC)c(OC)c1)C(=O)N1C[C@H]2C[C@@H](C1)c1cccc(=O)n1C2. The molecule has 2 aromatic carbocycles. The van der Waals surface area contributed by atoms with E-state index in [0.29, 0.717) is 48.2 Å². The smallest absolute Gasteiger partial charge is 0.270 e. The number of aromatic nitrogens is 1. The summed E-state index contributed by atoms with van der Waals surface area (Å²) in [5, 5.41) is 2.84. The molecule has 0 unspecified atom stereocenters. The Bertz CT molecular complexity index is 1590. The summed E-state index contributed by atoms with van der Waals surface area (Å²) in [4.78, 5) is 42.0. The first-order chi connectivity index (χ1) is 20.3. The van der Waals surface area contributed by atoms with Crippen LogP contribution in [0.25, 0.3) is 6.08 Å². The predicted molar refractivity (Wildman–Crippen MR) is 160 cm³/mol. The van der Waals surface area contributed by atoms with Crippen molar-refractivity contribution in [1.82, 2.24) is 14.8 Å². The highest BCUT2D eigenvalue weighted by Gasteiger charge is 2.37. The molecule has 220 valence electrons. The number of halogens is 1. The zero-order valence-electron chi connectivity index (χ0n) is 23.8. The highest BCUT2D eigenvalue weighted by atomic mass is 79.9. The fourth-order valence-electron chi connectivity index (χ4n) is 5.76. The van der Waals surface area contributed by atoms with Crippen LogP contribution in [0, 0.1) is 5.92 Å². The van der Waals surface area contributed by atoms with Gasteiger partial charge < -0.3 is 33.7 Å². The van der Waals surface area contributed by atoms with Crippen LogP contribution >= 0.6 is 15.9 Å². The first-order valence-electron chi connectivity index (χ1n) is 13.4. The summed E-state index contributed by atoms with van der Waals surface area (Å²) >= 11 is 3.48. The zero-order chi connectivity index (χ0) is 30.0. The minimum atomic E-state index is -0.531. The number of carbonyl (C=O) groups excluding carboxylic acids is 2. The first-order valence-corrected chi connectivity index (χ1v) is 14.2. The molecule has 10 nitrogen and oxygen atoms in total. The summed E-state index contributed by atoms with van der Waals surface area (Å²) in [6.45, 7) is 1.43. The van der Waals surface area contributed by atoms with Crippen LogP contribution in [-0.2, 0) is 11.3 Å². The van der Waals surface area contributed by atoms with E-state index in [-0.39, 0.29) is 34.6 Å². The van der Waals surface area contributed by atoms with Crippen LogP contribution in [-0.4, -0.2) is 62.8 Å². The van der Waals surface area contributed by atoms with Gasteiger partial charge in [-0.25, -0.2) is 0 Å². The molecule has 1 fully saturated rings. The number of piperidine rings is 1. The van der Waals surface area contributed by atoms with Gasteiger partial charge in [-0.1, -0.05) is 22.0 Å². The molecule has 11 heteroatoms. The average Bonchev–Trinajstić information content (AvgIpc) is 3.00. The van der Waals surface area contributed by atoms with Crippen molar-refractivity contribution in [2.75, 3.05) is 41.5 Å². The number of hydrogen-bond acceptors (Lipinski definition) is 7. The molecule has 2 bridgehead atoms. The lowest BCUT2D eigenvalue weighted by Gasteiger charge is -2.43. The van der Waals surface area contributed by atoms with Crippen LogP contribution in [0.1, 0.15) is 34.0 Å². The van der Waals surface area contributed by atoms with Gasteiger partial charge in [-0.3, -0.25) is 14.4 Å². The van der Waals surface area contributed by atoms with Crippen molar-refractivity contribution in [1.29, 1.82) is 0 Å². The Labute approximate surface area is 251 Å². The number of methoxy groups -OCH3 is 4. The van der Waals surface area contributed by atoms with Crippen LogP contribution in [0.2, 0.25) is 0 Å². The monoisotopic (exact) mass is 637 g/mol. The molecule has 0 radical (unpaired) electrons. The number of carbonyl (C=O) groups is 2. The largest absolute Gasteiger partial charge is 0.496 e. The van der Waals surface area contributed by atoms with Gasteiger partial charge in [0.15, 0.2) is 11.5 Å². The van der Waals surface area contributed by atoms with E-state index in [9.17, 15) is 14.4 Å². The molecule has 1 saturated heterocycles. The van der Waals surface area contributed by atoms with E-state index >= 15 is 0 Å². The van der Waals surface area contributed by atoms with E-state index in [1.54, 1.807) is 36.3 Å². The van der Waals surface area contributed by atoms with Crippen molar-refractivity contribution in [3.05, 3.63) is 85.9 Å². The number of rotatable bonds is 8. The number of nitrogens with one attached hydrogen (secondary N) is 1. The van der Waals surface area contributed by atoms with Gasteiger partial charge in [0.05, 0.1) is 28.4 Å². The summed E-state index contributed by atoms with van der Waals surface area (Å²) in [5.74, 6) is 0.776. The van der Waals surface area contributed by atoms with Crippen molar-refractivity contribution < 1.29 is 28.5 Å². The topological polar surface area (TPSA) is 108 Å². The quantitative estimate of drug-likeness (QED) is 0.371. The fraction of sp³-hybridized carbons (Fsp3) is 0.323. The predicted octanol–water partition coefficient (Wildman–Crippen LogP) is 4.06. The summed E-state index contributed by atoms with van der Waals surface area (Å²) < 4.78 is 24.3. The summed E-state index contributed by atoms with van der Waals surface area (Å²) in [6.07, 6.45) is 2.51. The average molecular weight is 639 g/mol. The van der Waals surface area contributed by atoms with Crippen LogP contribution in [0.4, 0.5) is 0 Å². The molecular formula is C31H32BrN3O7. The van der Waals surface area contributed by atoms with Gasteiger partial charge in [-0.15, -0.1) is 0 Å². The molecular weight excluding hydrogens is 606 g/mol. The van der Waals surface area contributed by atoms with Gasteiger partial charge in [0.2, 0.25) is 5.75 Å². The lowest BCUT2D eigenvalue weighted by Crippen LogP contribution is -2.50. The number of fused-ring (bicyclic) bond motifs is 4. The first kappa shape index (κ1) is 29.2. The van der Waals surface area contributed by atoms with Gasteiger partial charge in [0, 0.05) is 52.9 Å². The van der Waals surface area contributed by atoms with Gasteiger partial charge in [-0.05, 0) is 54.8 Å². The number of nitrogens with zero attached hydrogens (tertiary/aromatic N) is 2. The lowest BCUT2D eigenvalue weighted by atomic mass is 9.83. The Balaban J connectivity index is 1.51. The molecule has 0 saturated carbocycles. The lowest BCUT2D eigenvalue weighted by molar-refractivity contribution is -0.130. The minimum absolute atomic E-state index is 0.0165. The zero-order valence-corrected chi connectivity index (χ0v) is 25.4. The molecule has 2 amide bonds. The molecule has 3 heterocycles. The van der Waals surface area contributed by atoms with E-state index < -0.39 is 5.91 Å². The molecule has 0 spiro atoms. The molecule has 5 rings (SSSR count). The van der Waals surface area contributed by atoms with Gasteiger partial charge in [0.1, 0.15) is 11.4 Å². The Morgan fingerprint density at radius 3 is 2.29 bits per heavy atom. The molecule has 2 aliphatic heterocycles. The summed E-state index contributed by atoms with van der Waals surface area (Å²) in [6, 6.07) is 13.8. The van der Waals surface area contributed by atoms with Crippen molar-refractivity contribution in [2.45, 2.75) is 18.9 Å². The third kappa shape index (κ3) is 5.74. The molecule has 2 atom stereocenters. The second kappa shape index (κ2) is 12.3. The van der Waals surface area contributed by atoms with Gasteiger partial charge in [-0.2, -0.15) is 0 Å². The van der Waals surface area contributed by atoms with E-state index in [1.807, 2.05) is 22.8 Å². The van der Waals surface area contributed by atoms with E-state index in [4.69, 9.17) is 18.9 Å². The van der Waals surface area contributed by atoms with Crippen LogP contribution in [0.5, 0.6) is 23.0 Å². The molecule has 2 aliphatic rings. The van der Waals surface area contributed by atoms with Crippen LogP contribution < -0.4 is 29.8 Å². The molecule has 1 N–H and O–H groups in total. The van der Waals surface area contributed by atoms with E-state index in [0.717, 1.165) is 16.6 Å². The third-order valence-corrected chi connectivity index (χ3v) is 8.16. The van der Waals surface area contributed by atoms with Gasteiger partial charge >= 0.3 is 0 Å². The standard InChI is InChI=1S/C31H32BrN3O7/c1-39-25-9-8-22(32)11-19(25)12-23(33-30(37)20-13-26(40-2)29(42-4)27(14-20)41-3)31(38)34-15-18-10-21(17-34)24-6-5-7-28(36)35(24)16-18/h5-9,11-14,18,21H,10,15-17H2,1-4H3,(H,33,37)/b23-12-/t18-,21+/m1/s1. The van der Waals surface area contributed by atoms with Crippen molar-refractivity contribution in [3.8, 4) is 23.0 Å². The van der Waals surface area contributed by atoms with E-state index in [1.165, 1.54) is 33.5 Å². The van der Waals surface area contributed by atoms with E-state index in [2.05, 4.69) is 21.2 Å². The maximum Gasteiger partial charge on any atom is 0.270 e. The summed E-state index contributed by atoms with van der Waals surface area (Å²) in [7, 11) is 5.95. The van der Waals surface area contributed by atoms with Gasteiger partial charge in [0.25, 0.3) is 17.4 Å². The number of likely N-dealkylation sites (tertiary alicyclic amines) is 1. The van der Waals surface area contributed by atoms with Crippen molar-refractivity contribution in [3.63, 3.8) is 0 Å². The van der Waals surface area contributed by atoms with Crippen molar-refractivity contribution >= 4 is 33.8 Å². The highest BCUT2D eigenvalue weighted by molar-refractivity contribution is 9.10. The Hall–Kier alpha value is -4.25. The number of pyridine rings is 1. The number of hydrogen-bond donors (Lipinski definition) is 1. The number of benzene rings is 2. The minimum Gasteiger partial charge on any atom is -0.496 e. The summed E-state index contributed by atoms with van der Waals surface area (Å²) in [5.41, 5.74) is 1.80. The highest BCUT2D eigenvalue weighted by Crippen LogP contribution is 2.39. The number of ether oxygens (including phenoxy) is 4. The fourth-order valence-corrected chi connectivity index (χ4v) is 6.14. The molecule has 42 heavy (non-hydrogen) atoms.